The fourth-order valence-corrected chi connectivity index (χ4v) is 5.35. The highest BCUT2D eigenvalue weighted by atomic mass is 16.5. The lowest BCUT2D eigenvalue weighted by Crippen LogP contribution is -2.21. The number of esters is 2. The van der Waals surface area contributed by atoms with Gasteiger partial charge in [0, 0.05) is 12.8 Å². The van der Waals surface area contributed by atoms with Gasteiger partial charge in [0.15, 0.2) is 0 Å². The van der Waals surface area contributed by atoms with E-state index in [2.05, 4.69) is 38.2 Å². The predicted octanol–water partition coefficient (Wildman–Crippen LogP) is 9.84. The number of allylic oxidation sites excluding steroid dienone is 2. The van der Waals surface area contributed by atoms with E-state index in [0.717, 1.165) is 96.3 Å². The maximum absolute atomic E-state index is 11.4. The number of aliphatic hydroxyl groups is 4. The molecule has 0 heterocycles. The Morgan fingerprint density at radius 1 is 0.540 bits per heavy atom. The van der Waals surface area contributed by atoms with E-state index < -0.39 is 6.10 Å². The summed E-state index contributed by atoms with van der Waals surface area (Å²) in [7, 11) is 0. The molecule has 0 rings (SSSR count). The molecule has 0 bridgehead atoms. The second-order valence-corrected chi connectivity index (χ2v) is 14.1. The van der Waals surface area contributed by atoms with Crippen LogP contribution in [0.3, 0.4) is 0 Å². The minimum atomic E-state index is -0.978. The number of rotatable bonds is 34. The van der Waals surface area contributed by atoms with E-state index in [0.29, 0.717) is 12.8 Å². The van der Waals surface area contributed by atoms with E-state index in [-0.39, 0.29) is 43.5 Å². The van der Waals surface area contributed by atoms with Gasteiger partial charge in [0.25, 0.3) is 0 Å². The molecule has 8 nitrogen and oxygen atoms in total. The van der Waals surface area contributed by atoms with Gasteiger partial charge in [0.1, 0.15) is 12.7 Å². The van der Waals surface area contributed by atoms with Gasteiger partial charge in [0.2, 0.25) is 0 Å². The molecule has 296 valence electrons. The predicted molar refractivity (Wildman–Crippen MR) is 207 cm³/mol. The molecule has 0 aromatic carbocycles. The van der Waals surface area contributed by atoms with Crippen LogP contribution in [-0.4, -0.2) is 70.0 Å². The van der Waals surface area contributed by atoms with Crippen LogP contribution in [0.1, 0.15) is 195 Å². The average molecular weight is 713 g/mol. The molecule has 0 aliphatic rings. The van der Waals surface area contributed by atoms with Crippen LogP contribution < -0.4 is 0 Å². The van der Waals surface area contributed by atoms with Gasteiger partial charge in [-0.1, -0.05) is 128 Å². The van der Waals surface area contributed by atoms with Crippen molar-refractivity contribution in [3.63, 3.8) is 0 Å². The molecular formula is C42H80O8. The van der Waals surface area contributed by atoms with Crippen LogP contribution >= 0.6 is 0 Å². The van der Waals surface area contributed by atoms with E-state index in [4.69, 9.17) is 19.7 Å². The van der Waals surface area contributed by atoms with Crippen molar-refractivity contribution in [2.45, 2.75) is 219 Å². The lowest BCUT2D eigenvalue weighted by molar-refractivity contribution is -0.148. The normalized spacial score (nSPS) is 13.4. The molecular weight excluding hydrogens is 632 g/mol. The molecule has 0 radical (unpaired) electrons. The Labute approximate surface area is 307 Å². The molecule has 0 fully saturated rings. The van der Waals surface area contributed by atoms with Crippen LogP contribution in [0.5, 0.6) is 0 Å². The standard InChI is InChI=1S/C21H40O5.C21H40O3/c1-2-3-4-11-14-19(23)15-12-9-7-5-6-8-10-13-16-21(25)26-18-20(24)17-22;1-4-5-6-13-16-20(22)17-14-11-9-7-8-10-12-15-18-21(23)24-19(2)3/h9,12,19-20,22-24H,2-8,10-11,13-18H2,1H3;11,14,19-20,22H,4-10,12-13,15-18H2,1-3H3/b12-9-;14-11-/t19-,20?;20-/m11/s1. The molecule has 0 saturated heterocycles. The van der Waals surface area contributed by atoms with Gasteiger partial charge in [-0.3, -0.25) is 9.59 Å². The van der Waals surface area contributed by atoms with Crippen LogP contribution in [0, 0.1) is 0 Å². The average Bonchev–Trinajstić information content (AvgIpc) is 3.09. The third kappa shape index (κ3) is 42.4. The van der Waals surface area contributed by atoms with Crippen LogP contribution in [0.25, 0.3) is 0 Å². The fourth-order valence-electron chi connectivity index (χ4n) is 5.35. The number of carbonyl (C=O) groups excluding carboxylic acids is 2. The Hall–Kier alpha value is -1.74. The molecule has 0 spiro atoms. The number of carbonyl (C=O) groups is 2. The first-order valence-corrected chi connectivity index (χ1v) is 20.5. The van der Waals surface area contributed by atoms with Gasteiger partial charge < -0.3 is 29.9 Å². The van der Waals surface area contributed by atoms with Crippen LogP contribution in [0.2, 0.25) is 0 Å². The largest absolute Gasteiger partial charge is 0.463 e. The second kappa shape index (κ2) is 40.0. The van der Waals surface area contributed by atoms with Gasteiger partial charge in [0.05, 0.1) is 24.9 Å². The second-order valence-electron chi connectivity index (χ2n) is 14.1. The number of hydrogen-bond acceptors (Lipinski definition) is 8. The molecule has 3 atom stereocenters. The molecule has 0 aliphatic carbocycles. The molecule has 0 aliphatic heterocycles. The van der Waals surface area contributed by atoms with Gasteiger partial charge in [-0.25, -0.2) is 0 Å². The van der Waals surface area contributed by atoms with Crippen molar-refractivity contribution >= 4 is 11.9 Å². The highest BCUT2D eigenvalue weighted by Gasteiger charge is 2.08. The van der Waals surface area contributed by atoms with Crippen molar-refractivity contribution in [1.29, 1.82) is 0 Å². The van der Waals surface area contributed by atoms with E-state index in [1.54, 1.807) is 0 Å². The summed E-state index contributed by atoms with van der Waals surface area (Å²) in [6.45, 7) is 7.66. The third-order valence-corrected chi connectivity index (χ3v) is 8.45. The van der Waals surface area contributed by atoms with Crippen molar-refractivity contribution in [1.82, 2.24) is 0 Å². The molecule has 0 aromatic heterocycles. The quantitative estimate of drug-likeness (QED) is 0.0294. The van der Waals surface area contributed by atoms with Gasteiger partial charge in [-0.15, -0.1) is 0 Å². The summed E-state index contributed by atoms with van der Waals surface area (Å²) in [5.41, 5.74) is 0. The maximum atomic E-state index is 11.4. The number of aliphatic hydroxyl groups excluding tert-OH is 4. The molecule has 0 saturated carbocycles. The van der Waals surface area contributed by atoms with E-state index >= 15 is 0 Å². The monoisotopic (exact) mass is 713 g/mol. The summed E-state index contributed by atoms with van der Waals surface area (Å²) < 4.78 is 9.95. The third-order valence-electron chi connectivity index (χ3n) is 8.45. The lowest BCUT2D eigenvalue weighted by atomic mass is 10.1. The van der Waals surface area contributed by atoms with Crippen molar-refractivity contribution in [2.75, 3.05) is 13.2 Å². The first-order valence-electron chi connectivity index (χ1n) is 20.5. The zero-order valence-corrected chi connectivity index (χ0v) is 32.8. The first kappa shape index (κ1) is 50.4. The van der Waals surface area contributed by atoms with E-state index in [9.17, 15) is 19.8 Å². The molecule has 8 heteroatoms. The zero-order chi connectivity index (χ0) is 37.5. The summed E-state index contributed by atoms with van der Waals surface area (Å²) in [5, 5.41) is 37.4. The smallest absolute Gasteiger partial charge is 0.306 e. The maximum Gasteiger partial charge on any atom is 0.306 e. The molecule has 50 heavy (non-hydrogen) atoms. The Kier molecular flexibility index (Phi) is 40.3. The highest BCUT2D eigenvalue weighted by Crippen LogP contribution is 2.13. The summed E-state index contributed by atoms with van der Waals surface area (Å²) in [5.74, 6) is -0.380. The number of unbranched alkanes of at least 4 members (excludes halogenated alkanes) is 16. The first-order chi connectivity index (χ1) is 24.2. The topological polar surface area (TPSA) is 134 Å². The Bertz CT molecular complexity index is 782. The van der Waals surface area contributed by atoms with Crippen LogP contribution in [0.4, 0.5) is 0 Å². The van der Waals surface area contributed by atoms with Crippen molar-refractivity contribution in [3.8, 4) is 0 Å². The Morgan fingerprint density at radius 3 is 1.40 bits per heavy atom. The molecule has 1 unspecified atom stereocenters. The SMILES string of the molecule is CCCCCC[C@@H](O)C/C=C\CCCCCCCC(=O)OC(C)C.CCCCCC[C@@H](O)C/C=C\CCCCCCCC(=O)OCC(O)CO. The summed E-state index contributed by atoms with van der Waals surface area (Å²) in [6.07, 6.45) is 34.3. The molecule has 0 aromatic rings. The van der Waals surface area contributed by atoms with Crippen molar-refractivity contribution in [3.05, 3.63) is 24.3 Å². The Balaban J connectivity index is 0. The van der Waals surface area contributed by atoms with Crippen LogP contribution in [0.15, 0.2) is 24.3 Å². The number of ether oxygens (including phenoxy) is 2. The molecule has 0 amide bonds. The summed E-state index contributed by atoms with van der Waals surface area (Å²) in [6, 6.07) is 0. The summed E-state index contributed by atoms with van der Waals surface area (Å²) in [4.78, 5) is 22.7. The van der Waals surface area contributed by atoms with Gasteiger partial charge >= 0.3 is 11.9 Å². The van der Waals surface area contributed by atoms with Gasteiger partial charge in [-0.05, 0) is 78.1 Å². The van der Waals surface area contributed by atoms with Crippen molar-refractivity contribution < 1.29 is 39.5 Å². The highest BCUT2D eigenvalue weighted by molar-refractivity contribution is 5.69. The lowest BCUT2D eigenvalue weighted by Gasteiger charge is -2.08. The molecule has 4 N–H and O–H groups in total. The van der Waals surface area contributed by atoms with Gasteiger partial charge in [-0.2, -0.15) is 0 Å². The van der Waals surface area contributed by atoms with E-state index in [1.165, 1.54) is 57.8 Å². The van der Waals surface area contributed by atoms with Crippen molar-refractivity contribution in [2.24, 2.45) is 0 Å². The zero-order valence-electron chi connectivity index (χ0n) is 32.8. The Morgan fingerprint density at radius 2 is 0.960 bits per heavy atom. The fraction of sp³-hybridized carbons (Fsp3) is 0.857. The van der Waals surface area contributed by atoms with Crippen LogP contribution in [-0.2, 0) is 19.1 Å². The number of hydrogen-bond donors (Lipinski definition) is 4. The minimum absolute atomic E-state index is 0.000791. The summed E-state index contributed by atoms with van der Waals surface area (Å²) >= 11 is 0. The minimum Gasteiger partial charge on any atom is -0.463 e. The van der Waals surface area contributed by atoms with E-state index in [1.807, 2.05) is 13.8 Å².